The van der Waals surface area contributed by atoms with Crippen LogP contribution < -0.4 is 15.8 Å². The molecule has 138 valence electrons. The highest BCUT2D eigenvalue weighted by molar-refractivity contribution is 5.98. The molecule has 0 aliphatic heterocycles. The Bertz CT molecular complexity index is 757. The van der Waals surface area contributed by atoms with Gasteiger partial charge in [0.2, 0.25) is 0 Å². The largest absolute Gasteiger partial charge is 0.490 e. The topological polar surface area (TPSA) is 77.2 Å². The number of ether oxygens (including phenoxy) is 1. The number of nitrogens with two attached hydrogens (primary N) is 1. The average molecular weight is 353 g/mol. The van der Waals surface area contributed by atoms with Crippen LogP contribution in [0.5, 0.6) is 5.75 Å². The summed E-state index contributed by atoms with van der Waals surface area (Å²) in [6, 6.07) is 11.2. The molecule has 26 heavy (non-hydrogen) atoms. The molecule has 0 spiro atoms. The highest BCUT2D eigenvalue weighted by atomic mass is 16.5. The number of hydrogen-bond donors (Lipinski definition) is 2. The molecular formula is C21H27N3O2. The Hall–Kier alpha value is -2.82. The normalized spacial score (nSPS) is 10.8. The molecule has 0 unspecified atom stereocenters. The Balaban J connectivity index is 1.86. The van der Waals surface area contributed by atoms with Crippen molar-refractivity contribution in [1.82, 2.24) is 10.3 Å². The third kappa shape index (κ3) is 6.24. The number of hydrogen-bond acceptors (Lipinski definition) is 4. The summed E-state index contributed by atoms with van der Waals surface area (Å²) < 4.78 is 5.72. The molecule has 0 saturated heterocycles. The van der Waals surface area contributed by atoms with E-state index in [1.807, 2.05) is 37.3 Å². The van der Waals surface area contributed by atoms with E-state index in [-0.39, 0.29) is 11.7 Å². The molecule has 0 aliphatic carbocycles. The second kappa shape index (κ2) is 10.2. The lowest BCUT2D eigenvalue weighted by atomic mass is 10.2. The van der Waals surface area contributed by atoms with Gasteiger partial charge >= 0.3 is 0 Å². The third-order valence-electron chi connectivity index (χ3n) is 3.90. The SMILES string of the molecule is CCCCC=CCOc1cccc(CNC(=O)c2ccc(C)nc2N)c1. The number of aryl methyl sites for hydroxylation is 1. The molecule has 2 aromatic rings. The maximum absolute atomic E-state index is 12.3. The molecule has 1 amide bonds. The van der Waals surface area contributed by atoms with E-state index in [0.29, 0.717) is 18.7 Å². The van der Waals surface area contributed by atoms with Crippen molar-refractivity contribution in [3.05, 3.63) is 65.4 Å². The van der Waals surface area contributed by atoms with Gasteiger partial charge in [0, 0.05) is 12.2 Å². The Morgan fingerprint density at radius 1 is 1.27 bits per heavy atom. The van der Waals surface area contributed by atoms with Gasteiger partial charge in [0.1, 0.15) is 18.2 Å². The molecule has 1 aromatic heterocycles. The second-order valence-electron chi connectivity index (χ2n) is 6.14. The van der Waals surface area contributed by atoms with Crippen molar-refractivity contribution in [2.75, 3.05) is 12.3 Å². The van der Waals surface area contributed by atoms with Gasteiger partial charge in [-0.1, -0.05) is 44.1 Å². The first-order valence-electron chi connectivity index (χ1n) is 8.98. The number of amides is 1. The lowest BCUT2D eigenvalue weighted by molar-refractivity contribution is 0.0951. The van der Waals surface area contributed by atoms with Crippen LogP contribution in [-0.2, 0) is 6.54 Å². The molecule has 1 heterocycles. The lowest BCUT2D eigenvalue weighted by Crippen LogP contribution is -2.24. The number of nitrogen functional groups attached to an aromatic ring is 1. The van der Waals surface area contributed by atoms with Gasteiger partial charge in [-0.3, -0.25) is 4.79 Å². The van der Waals surface area contributed by atoms with E-state index < -0.39 is 0 Å². The van der Waals surface area contributed by atoms with Crippen LogP contribution in [0.25, 0.3) is 0 Å². The van der Waals surface area contributed by atoms with Crippen molar-refractivity contribution >= 4 is 11.7 Å². The van der Waals surface area contributed by atoms with Crippen LogP contribution in [0.2, 0.25) is 0 Å². The molecule has 0 bridgehead atoms. The summed E-state index contributed by atoms with van der Waals surface area (Å²) in [4.78, 5) is 16.4. The minimum atomic E-state index is -0.236. The van der Waals surface area contributed by atoms with Crippen molar-refractivity contribution < 1.29 is 9.53 Å². The minimum Gasteiger partial charge on any atom is -0.490 e. The van der Waals surface area contributed by atoms with Crippen molar-refractivity contribution in [2.24, 2.45) is 0 Å². The predicted octanol–water partition coefficient (Wildman–Crippen LogP) is 4.03. The van der Waals surface area contributed by atoms with Crippen LogP contribution in [0.1, 0.15) is 47.8 Å². The molecule has 0 fully saturated rings. The van der Waals surface area contributed by atoms with Crippen molar-refractivity contribution in [2.45, 2.75) is 39.7 Å². The Morgan fingerprint density at radius 2 is 2.12 bits per heavy atom. The van der Waals surface area contributed by atoms with E-state index in [1.54, 1.807) is 12.1 Å². The molecule has 0 radical (unpaired) electrons. The van der Waals surface area contributed by atoms with E-state index in [4.69, 9.17) is 10.5 Å². The fourth-order valence-corrected chi connectivity index (χ4v) is 2.44. The van der Waals surface area contributed by atoms with Crippen LogP contribution in [0.15, 0.2) is 48.6 Å². The smallest absolute Gasteiger partial charge is 0.255 e. The zero-order valence-electron chi connectivity index (χ0n) is 15.5. The van der Waals surface area contributed by atoms with Crippen LogP contribution in [0.4, 0.5) is 5.82 Å². The number of nitrogens with zero attached hydrogens (tertiary/aromatic N) is 1. The van der Waals surface area contributed by atoms with E-state index in [1.165, 1.54) is 12.8 Å². The maximum Gasteiger partial charge on any atom is 0.255 e. The number of allylic oxidation sites excluding steroid dienone is 1. The van der Waals surface area contributed by atoms with Gasteiger partial charge in [-0.2, -0.15) is 0 Å². The van der Waals surface area contributed by atoms with Gasteiger partial charge in [0.05, 0.1) is 5.56 Å². The minimum absolute atomic E-state index is 0.236. The summed E-state index contributed by atoms with van der Waals surface area (Å²) in [7, 11) is 0. The Labute approximate surface area is 155 Å². The average Bonchev–Trinajstić information content (AvgIpc) is 2.63. The molecule has 0 saturated carbocycles. The molecule has 5 nitrogen and oxygen atoms in total. The number of anilines is 1. The van der Waals surface area contributed by atoms with Gasteiger partial charge in [0.15, 0.2) is 0 Å². The highest BCUT2D eigenvalue weighted by Gasteiger charge is 2.10. The van der Waals surface area contributed by atoms with Crippen LogP contribution in [-0.4, -0.2) is 17.5 Å². The van der Waals surface area contributed by atoms with Crippen molar-refractivity contribution in [3.8, 4) is 5.75 Å². The molecule has 5 heteroatoms. The molecule has 2 rings (SSSR count). The van der Waals surface area contributed by atoms with E-state index in [2.05, 4.69) is 23.3 Å². The number of unbranched alkanes of at least 4 members (excludes halogenated alkanes) is 2. The third-order valence-corrected chi connectivity index (χ3v) is 3.90. The molecule has 0 atom stereocenters. The fraction of sp³-hybridized carbons (Fsp3) is 0.333. The summed E-state index contributed by atoms with van der Waals surface area (Å²) in [5.74, 6) is 0.794. The number of nitrogens with one attached hydrogen (secondary N) is 1. The second-order valence-corrected chi connectivity index (χ2v) is 6.14. The Morgan fingerprint density at radius 3 is 2.88 bits per heavy atom. The first kappa shape index (κ1) is 19.5. The van der Waals surface area contributed by atoms with Crippen LogP contribution in [0.3, 0.4) is 0 Å². The van der Waals surface area contributed by atoms with Gasteiger partial charge in [0.25, 0.3) is 5.91 Å². The summed E-state index contributed by atoms with van der Waals surface area (Å²) in [5, 5.41) is 2.86. The number of aromatic nitrogens is 1. The van der Waals surface area contributed by atoms with E-state index in [0.717, 1.165) is 23.4 Å². The number of rotatable bonds is 9. The summed E-state index contributed by atoms with van der Waals surface area (Å²) in [6.45, 7) is 4.96. The number of carbonyl (C=O) groups excluding carboxylic acids is 1. The van der Waals surface area contributed by atoms with Crippen LogP contribution >= 0.6 is 0 Å². The van der Waals surface area contributed by atoms with Gasteiger partial charge in [-0.05, 0) is 43.2 Å². The van der Waals surface area contributed by atoms with Gasteiger partial charge < -0.3 is 15.8 Å². The van der Waals surface area contributed by atoms with Gasteiger partial charge in [-0.15, -0.1) is 0 Å². The van der Waals surface area contributed by atoms with Crippen molar-refractivity contribution in [3.63, 3.8) is 0 Å². The molecular weight excluding hydrogens is 326 g/mol. The summed E-state index contributed by atoms with van der Waals surface area (Å²) in [6.07, 6.45) is 7.67. The maximum atomic E-state index is 12.3. The number of carbonyl (C=O) groups is 1. The van der Waals surface area contributed by atoms with E-state index in [9.17, 15) is 4.79 Å². The standard InChI is InChI=1S/C21H27N3O2/c1-3-4-5-6-7-13-26-18-10-8-9-17(14-18)15-23-21(25)19-12-11-16(2)24-20(19)22/h6-12,14H,3-5,13,15H2,1-2H3,(H2,22,24)(H,23,25). The van der Waals surface area contributed by atoms with Gasteiger partial charge in [-0.25, -0.2) is 4.98 Å². The first-order chi connectivity index (χ1) is 12.6. The quantitative estimate of drug-likeness (QED) is 0.527. The molecule has 3 N–H and O–H groups in total. The lowest BCUT2D eigenvalue weighted by Gasteiger charge is -2.09. The molecule has 0 aliphatic rings. The number of pyridine rings is 1. The monoisotopic (exact) mass is 353 g/mol. The fourth-order valence-electron chi connectivity index (χ4n) is 2.44. The first-order valence-corrected chi connectivity index (χ1v) is 8.98. The van der Waals surface area contributed by atoms with Crippen LogP contribution in [0, 0.1) is 6.92 Å². The van der Waals surface area contributed by atoms with E-state index >= 15 is 0 Å². The zero-order valence-corrected chi connectivity index (χ0v) is 15.5. The summed E-state index contributed by atoms with van der Waals surface area (Å²) >= 11 is 0. The Kier molecular flexibility index (Phi) is 7.68. The highest BCUT2D eigenvalue weighted by Crippen LogP contribution is 2.14. The molecule has 1 aromatic carbocycles. The zero-order chi connectivity index (χ0) is 18.8. The predicted molar refractivity (Wildman–Crippen MR) is 105 cm³/mol. The summed E-state index contributed by atoms with van der Waals surface area (Å²) in [5.41, 5.74) is 7.95. The number of benzene rings is 1. The van der Waals surface area contributed by atoms with Crippen molar-refractivity contribution in [1.29, 1.82) is 0 Å².